The monoisotopic (exact) mass is 391 g/mol. The van der Waals surface area contributed by atoms with Gasteiger partial charge in [-0.3, -0.25) is 4.79 Å². The average molecular weight is 392 g/mol. The van der Waals surface area contributed by atoms with Crippen molar-refractivity contribution < 1.29 is 14.3 Å². The molecule has 0 aliphatic carbocycles. The number of nitrogens with two attached hydrogens (primary N) is 1. The first-order valence-electron chi connectivity index (χ1n) is 9.02. The van der Waals surface area contributed by atoms with E-state index < -0.39 is 0 Å². The van der Waals surface area contributed by atoms with Crippen molar-refractivity contribution in [2.24, 2.45) is 11.7 Å². The van der Waals surface area contributed by atoms with E-state index in [1.165, 1.54) is 11.3 Å². The molecule has 0 aliphatic heterocycles. The number of benzene rings is 1. The molecule has 1 aromatic heterocycles. The smallest absolute Gasteiger partial charge is 0.228 e. The van der Waals surface area contributed by atoms with Gasteiger partial charge in [-0.15, -0.1) is 11.3 Å². The fraction of sp³-hybridized carbons (Fsp3) is 0.500. The van der Waals surface area contributed by atoms with Gasteiger partial charge < -0.3 is 20.1 Å². The summed E-state index contributed by atoms with van der Waals surface area (Å²) in [4.78, 5) is 18.8. The molecule has 2 N–H and O–H groups in total. The first-order valence-corrected chi connectivity index (χ1v) is 9.90. The van der Waals surface area contributed by atoms with Gasteiger partial charge in [-0.1, -0.05) is 13.8 Å². The minimum Gasteiger partial charge on any atom is -0.493 e. The van der Waals surface area contributed by atoms with Gasteiger partial charge in [0.1, 0.15) is 5.01 Å². The second kappa shape index (κ2) is 9.71. The third kappa shape index (κ3) is 5.68. The average Bonchev–Trinajstić information content (AvgIpc) is 3.13. The predicted octanol–water partition coefficient (Wildman–Crippen LogP) is 3.20. The van der Waals surface area contributed by atoms with Gasteiger partial charge in [-0.2, -0.15) is 0 Å². The van der Waals surface area contributed by atoms with Gasteiger partial charge in [0.15, 0.2) is 11.5 Å². The van der Waals surface area contributed by atoms with Crippen LogP contribution >= 0.6 is 11.3 Å². The molecule has 0 radical (unpaired) electrons. The minimum atomic E-state index is 0.0510. The fourth-order valence-corrected chi connectivity index (χ4v) is 3.40. The highest BCUT2D eigenvalue weighted by molar-refractivity contribution is 7.13. The summed E-state index contributed by atoms with van der Waals surface area (Å²) in [5, 5.41) is 2.78. The normalized spacial score (nSPS) is 12.1. The third-order valence-electron chi connectivity index (χ3n) is 4.59. The van der Waals surface area contributed by atoms with Crippen LogP contribution in [-0.2, 0) is 11.2 Å². The van der Waals surface area contributed by atoms with Crippen LogP contribution in [0.15, 0.2) is 23.6 Å². The molecule has 0 aliphatic rings. The molecular formula is C20H29N3O3S. The van der Waals surface area contributed by atoms with Gasteiger partial charge in [0.2, 0.25) is 5.91 Å². The molecule has 7 heteroatoms. The molecule has 1 aromatic carbocycles. The van der Waals surface area contributed by atoms with Gasteiger partial charge >= 0.3 is 0 Å². The number of carbonyl (C=O) groups is 1. The Morgan fingerprint density at radius 2 is 1.96 bits per heavy atom. The zero-order chi connectivity index (χ0) is 20.0. The van der Waals surface area contributed by atoms with Gasteiger partial charge in [0.05, 0.1) is 26.3 Å². The number of methoxy groups -OCH3 is 2. The van der Waals surface area contributed by atoms with Crippen LogP contribution in [-0.4, -0.2) is 49.6 Å². The van der Waals surface area contributed by atoms with Crippen LogP contribution in [0.25, 0.3) is 10.6 Å². The van der Waals surface area contributed by atoms with Crippen LogP contribution in [0.4, 0.5) is 0 Å². The lowest BCUT2D eigenvalue weighted by Gasteiger charge is -2.21. The molecule has 27 heavy (non-hydrogen) atoms. The summed E-state index contributed by atoms with van der Waals surface area (Å²) in [6, 6.07) is 5.79. The molecule has 1 heterocycles. The van der Waals surface area contributed by atoms with Crippen LogP contribution in [0.3, 0.4) is 0 Å². The summed E-state index contributed by atoms with van der Waals surface area (Å²) in [6.07, 6.45) is 1.09. The van der Waals surface area contributed by atoms with Gasteiger partial charge in [-0.25, -0.2) is 4.98 Å². The van der Waals surface area contributed by atoms with E-state index in [4.69, 9.17) is 15.2 Å². The maximum atomic E-state index is 12.4. The Morgan fingerprint density at radius 3 is 2.59 bits per heavy atom. The molecule has 1 amide bonds. The van der Waals surface area contributed by atoms with E-state index in [9.17, 15) is 4.79 Å². The molecule has 148 valence electrons. The molecule has 2 rings (SSSR count). The molecule has 0 spiro atoms. The molecule has 6 nitrogen and oxygen atoms in total. The van der Waals surface area contributed by atoms with E-state index in [-0.39, 0.29) is 18.4 Å². The Morgan fingerprint density at radius 1 is 1.26 bits per heavy atom. The zero-order valence-electron chi connectivity index (χ0n) is 16.7. The van der Waals surface area contributed by atoms with Crippen molar-refractivity contribution in [3.05, 3.63) is 29.3 Å². The number of carbonyl (C=O) groups excluding carboxylic acids is 1. The number of ether oxygens (including phenoxy) is 2. The first-order chi connectivity index (χ1) is 12.8. The zero-order valence-corrected chi connectivity index (χ0v) is 17.5. The number of thiazole rings is 1. The van der Waals surface area contributed by atoms with Crippen LogP contribution in [0.2, 0.25) is 0 Å². The SMILES string of the molecule is COc1ccc(-c2nc(CC(=O)N(C)CCC(N)C(C)C)cs2)cc1OC. The number of amides is 1. The van der Waals surface area contributed by atoms with Gasteiger partial charge in [-0.05, 0) is 30.5 Å². The number of hydrogen-bond acceptors (Lipinski definition) is 6. The number of likely N-dealkylation sites (N-methyl/N-ethyl adjacent to an activating group) is 1. The van der Waals surface area contributed by atoms with E-state index in [2.05, 4.69) is 18.8 Å². The molecule has 1 atom stereocenters. The van der Waals surface area contributed by atoms with E-state index in [0.29, 0.717) is 24.0 Å². The maximum absolute atomic E-state index is 12.4. The lowest BCUT2D eigenvalue weighted by atomic mass is 10.0. The molecule has 1 unspecified atom stereocenters. The van der Waals surface area contributed by atoms with Crippen molar-refractivity contribution in [1.29, 1.82) is 0 Å². The van der Waals surface area contributed by atoms with E-state index in [1.807, 2.05) is 30.6 Å². The highest BCUT2D eigenvalue weighted by Gasteiger charge is 2.16. The second-order valence-electron chi connectivity index (χ2n) is 6.90. The summed E-state index contributed by atoms with van der Waals surface area (Å²) in [7, 11) is 5.03. The molecule has 0 bridgehead atoms. The van der Waals surface area contributed by atoms with Crippen molar-refractivity contribution in [2.45, 2.75) is 32.7 Å². The number of aromatic nitrogens is 1. The Bertz CT molecular complexity index is 761. The van der Waals surface area contributed by atoms with Crippen molar-refractivity contribution in [3.8, 4) is 22.1 Å². The van der Waals surface area contributed by atoms with Crippen molar-refractivity contribution in [1.82, 2.24) is 9.88 Å². The van der Waals surface area contributed by atoms with E-state index in [0.717, 1.165) is 22.7 Å². The minimum absolute atomic E-state index is 0.0510. The Labute approximate surface area is 165 Å². The van der Waals surface area contributed by atoms with Crippen LogP contribution in [0.1, 0.15) is 26.0 Å². The predicted molar refractivity (Wildman–Crippen MR) is 109 cm³/mol. The summed E-state index contributed by atoms with van der Waals surface area (Å²) in [6.45, 7) is 4.85. The lowest BCUT2D eigenvalue weighted by molar-refractivity contribution is -0.129. The Kier molecular flexibility index (Phi) is 7.62. The first kappa shape index (κ1) is 21.2. The number of hydrogen-bond donors (Lipinski definition) is 1. The van der Waals surface area contributed by atoms with Gasteiger partial charge in [0, 0.05) is 30.6 Å². The van der Waals surface area contributed by atoms with Crippen LogP contribution < -0.4 is 15.2 Å². The molecule has 2 aromatic rings. The summed E-state index contributed by atoms with van der Waals surface area (Å²) in [5.41, 5.74) is 7.77. The number of nitrogens with zero attached hydrogens (tertiary/aromatic N) is 2. The lowest BCUT2D eigenvalue weighted by Crippen LogP contribution is -2.35. The maximum Gasteiger partial charge on any atom is 0.228 e. The standard InChI is InChI=1S/C20H29N3O3S/c1-13(2)16(21)8-9-23(3)19(24)11-15-12-27-20(22-15)14-6-7-17(25-4)18(10-14)26-5/h6-7,10,12-13,16H,8-9,11,21H2,1-5H3. The highest BCUT2D eigenvalue weighted by Crippen LogP contribution is 2.33. The third-order valence-corrected chi connectivity index (χ3v) is 5.53. The van der Waals surface area contributed by atoms with Crippen molar-refractivity contribution in [2.75, 3.05) is 27.8 Å². The van der Waals surface area contributed by atoms with Crippen LogP contribution in [0.5, 0.6) is 11.5 Å². The Hall–Kier alpha value is -2.12. The quantitative estimate of drug-likeness (QED) is 0.710. The second-order valence-corrected chi connectivity index (χ2v) is 7.76. The summed E-state index contributed by atoms with van der Waals surface area (Å²) < 4.78 is 10.6. The molecule has 0 saturated heterocycles. The fourth-order valence-electron chi connectivity index (χ4n) is 2.58. The largest absolute Gasteiger partial charge is 0.493 e. The van der Waals surface area contributed by atoms with Crippen molar-refractivity contribution in [3.63, 3.8) is 0 Å². The number of rotatable bonds is 9. The highest BCUT2D eigenvalue weighted by atomic mass is 32.1. The van der Waals surface area contributed by atoms with Gasteiger partial charge in [0.25, 0.3) is 0 Å². The molecule has 0 saturated carbocycles. The summed E-state index contributed by atoms with van der Waals surface area (Å²) in [5.74, 6) is 1.80. The van der Waals surface area contributed by atoms with E-state index >= 15 is 0 Å². The molecule has 0 fully saturated rings. The van der Waals surface area contributed by atoms with E-state index in [1.54, 1.807) is 19.1 Å². The Balaban J connectivity index is 2.00. The summed E-state index contributed by atoms with van der Waals surface area (Å²) >= 11 is 1.51. The van der Waals surface area contributed by atoms with Crippen molar-refractivity contribution >= 4 is 17.2 Å². The van der Waals surface area contributed by atoms with Crippen LogP contribution in [0, 0.1) is 5.92 Å². The topological polar surface area (TPSA) is 77.7 Å². The molecular weight excluding hydrogens is 362 g/mol.